The summed E-state index contributed by atoms with van der Waals surface area (Å²) in [6.07, 6.45) is 7.45. The van der Waals surface area contributed by atoms with Gasteiger partial charge in [-0.05, 0) is 35.9 Å². The number of H-pyrrole nitrogens is 1. The molecule has 164 valence electrons. The minimum Gasteiger partial charge on any atom is -0.437 e. The van der Waals surface area contributed by atoms with Gasteiger partial charge >= 0.3 is 0 Å². The fourth-order valence-corrected chi connectivity index (χ4v) is 3.71. The average Bonchev–Trinajstić information content (AvgIpc) is 3.40. The van der Waals surface area contributed by atoms with Crippen molar-refractivity contribution >= 4 is 34.9 Å². The minimum atomic E-state index is -0.392. The molecule has 0 saturated carbocycles. The predicted molar refractivity (Wildman–Crippen MR) is 122 cm³/mol. The van der Waals surface area contributed by atoms with Gasteiger partial charge in [-0.25, -0.2) is 14.4 Å². The molecule has 0 aliphatic carbocycles. The molecule has 3 heterocycles. The Balaban J connectivity index is 1.41. The van der Waals surface area contributed by atoms with Crippen molar-refractivity contribution < 1.29 is 13.9 Å². The number of carbonyl (C=O) groups excluding carboxylic acids is 1. The van der Waals surface area contributed by atoms with E-state index < -0.39 is 5.82 Å². The highest BCUT2D eigenvalue weighted by Crippen LogP contribution is 2.29. The maximum atomic E-state index is 13.6. The number of aromatic nitrogens is 5. The van der Waals surface area contributed by atoms with Gasteiger partial charge in [-0.1, -0.05) is 17.7 Å². The van der Waals surface area contributed by atoms with Crippen LogP contribution in [0.25, 0.3) is 22.3 Å². The Morgan fingerprint density at radius 2 is 2.12 bits per heavy atom. The van der Waals surface area contributed by atoms with E-state index in [1.165, 1.54) is 18.3 Å². The predicted octanol–water partition coefficient (Wildman–Crippen LogP) is 5.02. The second-order valence-electron chi connectivity index (χ2n) is 7.20. The first-order chi connectivity index (χ1) is 16.1. The van der Waals surface area contributed by atoms with Crippen LogP contribution in [0, 0.1) is 5.82 Å². The van der Waals surface area contributed by atoms with Gasteiger partial charge in [0.05, 0.1) is 18.9 Å². The van der Waals surface area contributed by atoms with Crippen molar-refractivity contribution in [2.45, 2.75) is 6.54 Å². The quantitative estimate of drug-likeness (QED) is 0.331. The molecule has 0 atom stereocenters. The summed E-state index contributed by atoms with van der Waals surface area (Å²) in [5, 5.41) is 7.29. The molecule has 33 heavy (non-hydrogen) atoms. The Morgan fingerprint density at radius 3 is 2.97 bits per heavy atom. The van der Waals surface area contributed by atoms with Crippen LogP contribution < -0.4 is 10.1 Å². The topological polar surface area (TPSA) is 97.7 Å². The summed E-state index contributed by atoms with van der Waals surface area (Å²) in [6, 6.07) is 11.3. The van der Waals surface area contributed by atoms with Crippen LogP contribution >= 0.6 is 11.6 Å². The SMILES string of the molecule is O=CNc1cccc(Oc2cnc3[nH]cc(-c4cnn(Cc5cc(F)cc(Cl)c5)c4)c3n2)c1. The summed E-state index contributed by atoms with van der Waals surface area (Å²) in [5.74, 6) is 0.416. The molecule has 0 unspecified atom stereocenters. The molecule has 0 bridgehead atoms. The maximum Gasteiger partial charge on any atom is 0.238 e. The number of aromatic amines is 1. The van der Waals surface area contributed by atoms with Crippen molar-refractivity contribution in [1.29, 1.82) is 0 Å². The van der Waals surface area contributed by atoms with E-state index in [0.29, 0.717) is 52.0 Å². The molecule has 2 aromatic carbocycles. The highest BCUT2D eigenvalue weighted by molar-refractivity contribution is 6.30. The zero-order valence-corrected chi connectivity index (χ0v) is 17.8. The molecule has 1 amide bonds. The zero-order chi connectivity index (χ0) is 22.8. The largest absolute Gasteiger partial charge is 0.437 e. The van der Waals surface area contributed by atoms with Crippen LogP contribution in [0.4, 0.5) is 10.1 Å². The summed E-state index contributed by atoms with van der Waals surface area (Å²) < 4.78 is 21.1. The van der Waals surface area contributed by atoms with Crippen LogP contribution in [0.15, 0.2) is 67.3 Å². The summed E-state index contributed by atoms with van der Waals surface area (Å²) in [4.78, 5) is 22.7. The molecule has 5 aromatic rings. The van der Waals surface area contributed by atoms with Crippen molar-refractivity contribution in [3.63, 3.8) is 0 Å². The second-order valence-corrected chi connectivity index (χ2v) is 7.64. The molecule has 0 aliphatic heterocycles. The number of ether oxygens (including phenoxy) is 1. The van der Waals surface area contributed by atoms with E-state index in [-0.39, 0.29) is 0 Å². The lowest BCUT2D eigenvalue weighted by Gasteiger charge is -2.06. The van der Waals surface area contributed by atoms with Crippen LogP contribution in [0.1, 0.15) is 5.56 Å². The van der Waals surface area contributed by atoms with E-state index in [2.05, 4.69) is 25.4 Å². The third kappa shape index (κ3) is 4.53. The Morgan fingerprint density at radius 1 is 1.21 bits per heavy atom. The van der Waals surface area contributed by atoms with Gasteiger partial charge in [-0.2, -0.15) is 5.10 Å². The smallest absolute Gasteiger partial charge is 0.238 e. The van der Waals surface area contributed by atoms with E-state index in [4.69, 9.17) is 16.3 Å². The van der Waals surface area contributed by atoms with Gasteiger partial charge in [-0.3, -0.25) is 9.48 Å². The molecule has 0 fully saturated rings. The molecule has 5 rings (SSSR count). The van der Waals surface area contributed by atoms with Crippen molar-refractivity contribution in [1.82, 2.24) is 24.7 Å². The first-order valence-electron chi connectivity index (χ1n) is 9.87. The number of halogens is 2. The van der Waals surface area contributed by atoms with E-state index >= 15 is 0 Å². The molecule has 0 saturated heterocycles. The minimum absolute atomic E-state index is 0.299. The summed E-state index contributed by atoms with van der Waals surface area (Å²) in [5.41, 5.74) is 4.12. The van der Waals surface area contributed by atoms with E-state index in [1.807, 2.05) is 6.20 Å². The van der Waals surface area contributed by atoms with Crippen molar-refractivity contribution in [3.8, 4) is 22.8 Å². The Bertz CT molecular complexity index is 1440. The van der Waals surface area contributed by atoms with Crippen LogP contribution in [-0.4, -0.2) is 31.1 Å². The van der Waals surface area contributed by atoms with Gasteiger partial charge in [0.1, 0.15) is 17.1 Å². The van der Waals surface area contributed by atoms with Crippen LogP contribution in [0.5, 0.6) is 11.6 Å². The summed E-state index contributed by atoms with van der Waals surface area (Å²) in [6.45, 7) is 0.366. The second kappa shape index (κ2) is 8.71. The van der Waals surface area contributed by atoms with E-state index in [1.54, 1.807) is 47.4 Å². The molecule has 2 N–H and O–H groups in total. The molecule has 3 aromatic heterocycles. The lowest BCUT2D eigenvalue weighted by molar-refractivity contribution is -0.105. The van der Waals surface area contributed by atoms with Gasteiger partial charge in [0.25, 0.3) is 0 Å². The number of hydrogen-bond acceptors (Lipinski definition) is 5. The highest BCUT2D eigenvalue weighted by Gasteiger charge is 2.13. The van der Waals surface area contributed by atoms with E-state index in [9.17, 15) is 9.18 Å². The van der Waals surface area contributed by atoms with Gasteiger partial charge < -0.3 is 15.0 Å². The third-order valence-electron chi connectivity index (χ3n) is 4.85. The molecule has 0 radical (unpaired) electrons. The number of nitrogens with one attached hydrogen (secondary N) is 2. The number of carbonyl (C=O) groups is 1. The number of anilines is 1. The lowest BCUT2D eigenvalue weighted by Crippen LogP contribution is -2.00. The fourth-order valence-electron chi connectivity index (χ4n) is 3.46. The van der Waals surface area contributed by atoms with Gasteiger partial charge in [-0.15, -0.1) is 0 Å². The molecule has 10 heteroatoms. The van der Waals surface area contributed by atoms with Gasteiger partial charge in [0.15, 0.2) is 5.65 Å². The van der Waals surface area contributed by atoms with E-state index in [0.717, 1.165) is 11.1 Å². The Kier molecular flexibility index (Phi) is 5.45. The van der Waals surface area contributed by atoms with Crippen LogP contribution in [0.2, 0.25) is 5.02 Å². The average molecular weight is 463 g/mol. The molecular weight excluding hydrogens is 447 g/mol. The number of hydrogen-bond donors (Lipinski definition) is 2. The number of fused-ring (bicyclic) bond motifs is 1. The van der Waals surface area contributed by atoms with Crippen molar-refractivity contribution in [2.24, 2.45) is 0 Å². The fraction of sp³-hybridized carbons (Fsp3) is 0.0435. The Labute approximate surface area is 192 Å². The molecule has 0 aliphatic rings. The lowest BCUT2D eigenvalue weighted by atomic mass is 10.2. The first-order valence-corrected chi connectivity index (χ1v) is 10.3. The zero-order valence-electron chi connectivity index (χ0n) is 17.0. The van der Waals surface area contributed by atoms with Crippen LogP contribution in [-0.2, 0) is 11.3 Å². The standard InChI is InChI=1S/C23H16ClFN6O2/c24-16-4-14(5-17(25)6-16)11-31-12-15(8-29-31)20-9-26-23-22(20)30-21(10-27-23)33-19-3-1-2-18(7-19)28-13-32/h1-10,12-13H,11H2,(H,26,27)(H,28,32). The molecular formula is C23H16ClFN6O2. The van der Waals surface area contributed by atoms with Crippen molar-refractivity contribution in [2.75, 3.05) is 5.32 Å². The van der Waals surface area contributed by atoms with Gasteiger partial charge in [0, 0.05) is 40.3 Å². The normalized spacial score (nSPS) is 11.0. The Hall–Kier alpha value is -4.24. The van der Waals surface area contributed by atoms with Gasteiger partial charge in [0.2, 0.25) is 12.3 Å². The summed E-state index contributed by atoms with van der Waals surface area (Å²) >= 11 is 5.95. The number of nitrogens with zero attached hydrogens (tertiary/aromatic N) is 4. The molecule has 0 spiro atoms. The maximum absolute atomic E-state index is 13.6. The third-order valence-corrected chi connectivity index (χ3v) is 5.07. The first kappa shape index (κ1) is 20.7. The molecule has 8 nitrogen and oxygen atoms in total. The number of amides is 1. The highest BCUT2D eigenvalue weighted by atomic mass is 35.5. The summed E-state index contributed by atoms with van der Waals surface area (Å²) in [7, 11) is 0. The monoisotopic (exact) mass is 462 g/mol. The van der Waals surface area contributed by atoms with Crippen molar-refractivity contribution in [3.05, 3.63) is 83.7 Å². The number of rotatable bonds is 7. The van der Waals surface area contributed by atoms with Crippen LogP contribution in [0.3, 0.4) is 0 Å². The number of benzene rings is 2.